The van der Waals surface area contributed by atoms with Crippen LogP contribution in [0.15, 0.2) is 24.4 Å². The molecule has 0 radical (unpaired) electrons. The largest absolute Gasteiger partial charge is 0.341 e. The number of carbonyl (C=O) groups excluding carboxylic acids is 2. The maximum atomic E-state index is 12.5. The lowest BCUT2D eigenvalue weighted by Gasteiger charge is -2.24. The highest BCUT2D eigenvalue weighted by Crippen LogP contribution is 2.27. The van der Waals surface area contributed by atoms with Gasteiger partial charge in [-0.1, -0.05) is 18.9 Å². The summed E-state index contributed by atoms with van der Waals surface area (Å²) in [6, 6.07) is 5.38. The molecule has 0 aromatic carbocycles. The average Bonchev–Trinajstić information content (AvgIpc) is 2.99. The molecule has 2 aliphatic rings. The molecule has 1 aliphatic heterocycles. The van der Waals surface area contributed by atoms with Crippen LogP contribution in [0.1, 0.15) is 42.6 Å². The van der Waals surface area contributed by atoms with Crippen LogP contribution in [-0.2, 0) is 4.79 Å². The quantitative estimate of drug-likeness (QED) is 0.839. The molecule has 0 atom stereocenters. The van der Waals surface area contributed by atoms with Gasteiger partial charge >= 0.3 is 0 Å². The molecule has 1 saturated carbocycles. The highest BCUT2D eigenvalue weighted by Gasteiger charge is 2.29. The van der Waals surface area contributed by atoms with Crippen LogP contribution in [-0.4, -0.2) is 52.8 Å². The molecule has 5 heteroatoms. The minimum absolute atomic E-state index is 0.0317. The van der Waals surface area contributed by atoms with Crippen LogP contribution in [0.5, 0.6) is 0 Å². The molecule has 2 amide bonds. The van der Waals surface area contributed by atoms with Crippen molar-refractivity contribution < 1.29 is 9.59 Å². The van der Waals surface area contributed by atoms with Crippen LogP contribution in [0.25, 0.3) is 0 Å². The van der Waals surface area contributed by atoms with E-state index in [4.69, 9.17) is 0 Å². The van der Waals surface area contributed by atoms with Gasteiger partial charge in [0.1, 0.15) is 5.69 Å². The molecule has 0 N–H and O–H groups in total. The van der Waals surface area contributed by atoms with Crippen molar-refractivity contribution in [1.82, 2.24) is 14.8 Å². The van der Waals surface area contributed by atoms with Gasteiger partial charge in [0, 0.05) is 38.3 Å². The van der Waals surface area contributed by atoms with Gasteiger partial charge in [0.25, 0.3) is 5.91 Å². The molecule has 1 aromatic rings. The predicted molar refractivity (Wildman–Crippen MR) is 83.3 cm³/mol. The van der Waals surface area contributed by atoms with Gasteiger partial charge in [0.05, 0.1) is 0 Å². The Balaban J connectivity index is 1.60. The molecule has 0 bridgehead atoms. The smallest absolute Gasteiger partial charge is 0.272 e. The Morgan fingerprint density at radius 1 is 0.955 bits per heavy atom. The van der Waals surface area contributed by atoms with Gasteiger partial charge in [-0.3, -0.25) is 14.6 Å². The van der Waals surface area contributed by atoms with Crippen molar-refractivity contribution in [2.45, 2.75) is 32.1 Å². The van der Waals surface area contributed by atoms with Crippen LogP contribution in [0.2, 0.25) is 0 Å². The van der Waals surface area contributed by atoms with E-state index in [-0.39, 0.29) is 11.8 Å². The molecule has 2 heterocycles. The SMILES string of the molecule is O=C(c1ccccn1)N1CCCN(C(=O)C2CCCC2)CC1. The summed E-state index contributed by atoms with van der Waals surface area (Å²) in [6.45, 7) is 2.72. The number of carbonyl (C=O) groups is 2. The van der Waals surface area contributed by atoms with Gasteiger partial charge in [-0.05, 0) is 31.4 Å². The topological polar surface area (TPSA) is 53.5 Å². The highest BCUT2D eigenvalue weighted by atomic mass is 16.2. The third kappa shape index (κ3) is 3.29. The summed E-state index contributed by atoms with van der Waals surface area (Å²) in [4.78, 5) is 32.9. The third-order valence-electron chi connectivity index (χ3n) is 4.68. The van der Waals surface area contributed by atoms with Gasteiger partial charge < -0.3 is 9.80 Å². The fraction of sp³-hybridized carbons (Fsp3) is 0.588. The van der Waals surface area contributed by atoms with Crippen molar-refractivity contribution in [1.29, 1.82) is 0 Å². The first kappa shape index (κ1) is 15.0. The Kier molecular flexibility index (Phi) is 4.71. The van der Waals surface area contributed by atoms with E-state index >= 15 is 0 Å². The second-order valence-corrected chi connectivity index (χ2v) is 6.17. The lowest BCUT2D eigenvalue weighted by Crippen LogP contribution is -2.39. The molecule has 0 unspecified atom stereocenters. The molecule has 1 aliphatic carbocycles. The van der Waals surface area contributed by atoms with Crippen molar-refractivity contribution in [2.24, 2.45) is 5.92 Å². The van der Waals surface area contributed by atoms with Crippen LogP contribution < -0.4 is 0 Å². The molecule has 118 valence electrons. The predicted octanol–water partition coefficient (Wildman–Crippen LogP) is 1.95. The van der Waals surface area contributed by atoms with E-state index in [1.807, 2.05) is 15.9 Å². The zero-order valence-corrected chi connectivity index (χ0v) is 12.9. The summed E-state index contributed by atoms with van der Waals surface area (Å²) < 4.78 is 0. The van der Waals surface area contributed by atoms with Crippen LogP contribution in [0, 0.1) is 5.92 Å². The standard InChI is InChI=1S/C17H23N3O2/c21-16(14-6-1-2-7-14)19-10-5-11-20(13-12-19)17(22)15-8-3-4-9-18-15/h3-4,8-9,14H,1-2,5-7,10-13H2. The number of amides is 2. The molecule has 3 rings (SSSR count). The van der Waals surface area contributed by atoms with Crippen molar-refractivity contribution in [3.05, 3.63) is 30.1 Å². The van der Waals surface area contributed by atoms with Gasteiger partial charge in [0.2, 0.25) is 5.91 Å². The Labute approximate surface area is 131 Å². The molecule has 5 nitrogen and oxygen atoms in total. The first-order valence-corrected chi connectivity index (χ1v) is 8.25. The number of hydrogen-bond donors (Lipinski definition) is 0. The summed E-state index contributed by atoms with van der Waals surface area (Å²) >= 11 is 0. The maximum Gasteiger partial charge on any atom is 0.272 e. The third-order valence-corrected chi connectivity index (χ3v) is 4.68. The highest BCUT2D eigenvalue weighted by molar-refractivity contribution is 5.92. The normalized spacial score (nSPS) is 20.0. The van der Waals surface area contributed by atoms with Crippen LogP contribution in [0.3, 0.4) is 0 Å². The van der Waals surface area contributed by atoms with Crippen LogP contribution >= 0.6 is 0 Å². The van der Waals surface area contributed by atoms with Gasteiger partial charge in [-0.15, -0.1) is 0 Å². The van der Waals surface area contributed by atoms with Crippen LogP contribution in [0.4, 0.5) is 0 Å². The van der Waals surface area contributed by atoms with Gasteiger partial charge in [-0.2, -0.15) is 0 Å². The molecular weight excluding hydrogens is 278 g/mol. The van der Waals surface area contributed by atoms with Crippen molar-refractivity contribution >= 4 is 11.8 Å². The van der Waals surface area contributed by atoms with Gasteiger partial charge in [-0.25, -0.2) is 0 Å². The van der Waals surface area contributed by atoms with E-state index in [9.17, 15) is 9.59 Å². The van der Waals surface area contributed by atoms with E-state index in [1.165, 1.54) is 12.8 Å². The number of nitrogens with zero attached hydrogens (tertiary/aromatic N) is 3. The molecular formula is C17H23N3O2. The minimum Gasteiger partial charge on any atom is -0.341 e. The monoisotopic (exact) mass is 301 g/mol. The Bertz CT molecular complexity index is 526. The first-order valence-electron chi connectivity index (χ1n) is 8.25. The fourth-order valence-electron chi connectivity index (χ4n) is 3.42. The second-order valence-electron chi connectivity index (χ2n) is 6.17. The lowest BCUT2D eigenvalue weighted by atomic mass is 10.1. The number of pyridine rings is 1. The zero-order chi connectivity index (χ0) is 15.4. The molecule has 1 aromatic heterocycles. The summed E-state index contributed by atoms with van der Waals surface area (Å²) in [5, 5.41) is 0. The first-order chi connectivity index (χ1) is 10.8. The maximum absolute atomic E-state index is 12.5. The lowest BCUT2D eigenvalue weighted by molar-refractivity contribution is -0.135. The number of hydrogen-bond acceptors (Lipinski definition) is 3. The second kappa shape index (κ2) is 6.90. The average molecular weight is 301 g/mol. The fourth-order valence-corrected chi connectivity index (χ4v) is 3.42. The van der Waals surface area contributed by atoms with E-state index < -0.39 is 0 Å². The summed E-state index contributed by atoms with van der Waals surface area (Å²) in [5.74, 6) is 0.485. The molecule has 1 saturated heterocycles. The zero-order valence-electron chi connectivity index (χ0n) is 12.9. The summed E-state index contributed by atoms with van der Waals surface area (Å²) in [5.41, 5.74) is 0.484. The number of aromatic nitrogens is 1. The molecule has 2 fully saturated rings. The van der Waals surface area contributed by atoms with E-state index in [2.05, 4.69) is 4.98 Å². The van der Waals surface area contributed by atoms with Crippen molar-refractivity contribution in [2.75, 3.05) is 26.2 Å². The van der Waals surface area contributed by atoms with Crippen molar-refractivity contribution in [3.8, 4) is 0 Å². The Morgan fingerprint density at radius 3 is 2.41 bits per heavy atom. The summed E-state index contributed by atoms with van der Waals surface area (Å²) in [7, 11) is 0. The van der Waals surface area contributed by atoms with E-state index in [0.29, 0.717) is 31.2 Å². The van der Waals surface area contributed by atoms with E-state index in [1.54, 1.807) is 18.3 Å². The number of rotatable bonds is 2. The molecule has 22 heavy (non-hydrogen) atoms. The minimum atomic E-state index is -0.0317. The van der Waals surface area contributed by atoms with Crippen molar-refractivity contribution in [3.63, 3.8) is 0 Å². The Hall–Kier alpha value is -1.91. The van der Waals surface area contributed by atoms with E-state index in [0.717, 1.165) is 25.8 Å². The molecule has 0 spiro atoms. The van der Waals surface area contributed by atoms with Gasteiger partial charge in [0.15, 0.2) is 0 Å². The summed E-state index contributed by atoms with van der Waals surface area (Å²) in [6.07, 6.45) is 6.90. The Morgan fingerprint density at radius 2 is 1.68 bits per heavy atom.